The Labute approximate surface area is 163 Å². The van der Waals surface area contributed by atoms with Gasteiger partial charge in [-0.25, -0.2) is 4.39 Å². The summed E-state index contributed by atoms with van der Waals surface area (Å²) in [4.78, 5) is 18.3. The number of hydrogen-bond acceptors (Lipinski definition) is 4. The first-order chi connectivity index (χ1) is 13.2. The number of thiophene rings is 1. The van der Waals surface area contributed by atoms with E-state index in [0.717, 1.165) is 37.4 Å². The van der Waals surface area contributed by atoms with E-state index in [1.807, 2.05) is 22.4 Å². The highest BCUT2D eigenvalue weighted by molar-refractivity contribution is 7.09. The molecule has 4 rings (SSSR count). The molecule has 0 saturated carbocycles. The third kappa shape index (κ3) is 4.33. The van der Waals surface area contributed by atoms with Gasteiger partial charge in [0.1, 0.15) is 18.2 Å². The van der Waals surface area contributed by atoms with Gasteiger partial charge in [-0.15, -0.1) is 11.3 Å². The van der Waals surface area contributed by atoms with Crippen LogP contribution in [0.2, 0.25) is 0 Å². The summed E-state index contributed by atoms with van der Waals surface area (Å²) in [5.74, 6) is -0.248. The average molecular weight is 389 g/mol. The van der Waals surface area contributed by atoms with E-state index in [1.165, 1.54) is 18.9 Å². The van der Waals surface area contributed by atoms with Gasteiger partial charge in [-0.1, -0.05) is 6.07 Å². The molecule has 2 saturated heterocycles. The smallest absolute Gasteiger partial charge is 0.257 e. The Kier molecular flexibility index (Phi) is 5.74. The normalized spacial score (nSPS) is 20.3. The lowest BCUT2D eigenvalue weighted by Gasteiger charge is -2.28. The molecule has 1 aromatic carbocycles. The zero-order valence-corrected chi connectivity index (χ0v) is 16.2. The van der Waals surface area contributed by atoms with Crippen LogP contribution in [0.25, 0.3) is 0 Å². The Morgan fingerprint density at radius 3 is 2.78 bits per heavy atom. The fourth-order valence-corrected chi connectivity index (χ4v) is 4.64. The largest absolute Gasteiger partial charge is 0.488 e. The molecule has 144 valence electrons. The topological polar surface area (TPSA) is 32.8 Å². The van der Waals surface area contributed by atoms with Crippen molar-refractivity contribution in [2.24, 2.45) is 0 Å². The number of benzene rings is 1. The first-order valence-corrected chi connectivity index (χ1v) is 10.6. The second-order valence-electron chi connectivity index (χ2n) is 7.31. The number of nitrogens with zero attached hydrogens (tertiary/aromatic N) is 2. The number of carbonyl (C=O) groups excluding carboxylic acids is 1. The molecule has 0 N–H and O–H groups in total. The van der Waals surface area contributed by atoms with Crippen LogP contribution in [0.3, 0.4) is 0 Å². The number of hydrogen-bond donors (Lipinski definition) is 0. The number of ether oxygens (including phenoxy) is 1. The third-order valence-corrected chi connectivity index (χ3v) is 6.29. The van der Waals surface area contributed by atoms with Crippen LogP contribution in [-0.2, 0) is 6.61 Å². The van der Waals surface area contributed by atoms with Crippen LogP contribution >= 0.6 is 11.3 Å². The second kappa shape index (κ2) is 8.40. The quantitative estimate of drug-likeness (QED) is 0.745. The van der Waals surface area contributed by atoms with Gasteiger partial charge in [0.15, 0.2) is 0 Å². The molecule has 27 heavy (non-hydrogen) atoms. The Morgan fingerprint density at radius 2 is 2.04 bits per heavy atom. The molecule has 2 aliphatic rings. The maximum absolute atomic E-state index is 14.6. The van der Waals surface area contributed by atoms with Crippen molar-refractivity contribution < 1.29 is 13.9 Å². The van der Waals surface area contributed by atoms with Crippen molar-refractivity contribution in [1.82, 2.24) is 9.80 Å². The minimum Gasteiger partial charge on any atom is -0.488 e. The number of amides is 1. The van der Waals surface area contributed by atoms with Crippen molar-refractivity contribution in [2.45, 2.75) is 38.3 Å². The molecule has 6 heteroatoms. The first-order valence-electron chi connectivity index (χ1n) is 9.69. The predicted molar refractivity (Wildman–Crippen MR) is 105 cm³/mol. The number of likely N-dealkylation sites (tertiary alicyclic amines) is 2. The van der Waals surface area contributed by atoms with Crippen molar-refractivity contribution in [1.29, 1.82) is 0 Å². The molecule has 0 bridgehead atoms. The Hall–Kier alpha value is -1.92. The zero-order valence-electron chi connectivity index (χ0n) is 15.4. The maximum Gasteiger partial charge on any atom is 0.257 e. The molecule has 0 aliphatic carbocycles. The molecule has 0 radical (unpaired) electrons. The van der Waals surface area contributed by atoms with Crippen LogP contribution in [0.4, 0.5) is 4.39 Å². The molecule has 0 unspecified atom stereocenters. The van der Waals surface area contributed by atoms with Crippen LogP contribution < -0.4 is 4.74 Å². The highest BCUT2D eigenvalue weighted by Gasteiger charge is 2.32. The molecular weight excluding hydrogens is 363 g/mol. The molecule has 1 amide bonds. The van der Waals surface area contributed by atoms with Crippen LogP contribution in [-0.4, -0.2) is 47.9 Å². The van der Waals surface area contributed by atoms with E-state index in [9.17, 15) is 9.18 Å². The summed E-state index contributed by atoms with van der Waals surface area (Å²) in [6.45, 7) is 4.27. The van der Waals surface area contributed by atoms with Gasteiger partial charge in [0.05, 0.1) is 5.56 Å². The number of rotatable bonds is 6. The minimum atomic E-state index is -0.504. The Morgan fingerprint density at radius 1 is 1.19 bits per heavy atom. The minimum absolute atomic E-state index is 0.145. The number of halogens is 1. The van der Waals surface area contributed by atoms with Crippen molar-refractivity contribution in [3.63, 3.8) is 0 Å². The van der Waals surface area contributed by atoms with Gasteiger partial charge >= 0.3 is 0 Å². The summed E-state index contributed by atoms with van der Waals surface area (Å²) < 4.78 is 20.3. The lowest BCUT2D eigenvalue weighted by Crippen LogP contribution is -2.42. The average Bonchev–Trinajstić information content (AvgIpc) is 3.43. The molecule has 1 aromatic heterocycles. The lowest BCUT2D eigenvalue weighted by atomic mass is 10.1. The summed E-state index contributed by atoms with van der Waals surface area (Å²) in [7, 11) is 0. The fraction of sp³-hybridized carbons (Fsp3) is 0.476. The Balaban J connectivity index is 1.41. The summed E-state index contributed by atoms with van der Waals surface area (Å²) >= 11 is 1.60. The van der Waals surface area contributed by atoms with Gasteiger partial charge in [-0.05, 0) is 62.4 Å². The van der Waals surface area contributed by atoms with E-state index < -0.39 is 5.82 Å². The molecule has 1 atom stereocenters. The van der Waals surface area contributed by atoms with Crippen molar-refractivity contribution >= 4 is 17.2 Å². The zero-order chi connectivity index (χ0) is 18.6. The second-order valence-corrected chi connectivity index (χ2v) is 8.34. The van der Waals surface area contributed by atoms with Crippen LogP contribution in [0, 0.1) is 5.82 Å². The predicted octanol–water partition coefficient (Wildman–Crippen LogP) is 4.17. The molecule has 4 nitrogen and oxygen atoms in total. The van der Waals surface area contributed by atoms with E-state index in [-0.39, 0.29) is 17.5 Å². The van der Waals surface area contributed by atoms with Gasteiger partial charge in [0.2, 0.25) is 0 Å². The molecule has 3 heterocycles. The molecule has 2 fully saturated rings. The highest BCUT2D eigenvalue weighted by atomic mass is 32.1. The van der Waals surface area contributed by atoms with Crippen molar-refractivity contribution in [2.75, 3.05) is 26.2 Å². The van der Waals surface area contributed by atoms with Gasteiger partial charge in [0, 0.05) is 30.1 Å². The SMILES string of the molecule is O=C(c1ccc(OCc2cccs2)cc1F)N1CCC[C@H]1CN1CCCC1. The van der Waals surface area contributed by atoms with Gasteiger partial charge in [-0.3, -0.25) is 4.79 Å². The van der Waals surface area contributed by atoms with Crippen LogP contribution in [0.15, 0.2) is 35.7 Å². The maximum atomic E-state index is 14.6. The summed E-state index contributed by atoms with van der Waals surface area (Å²) in [5.41, 5.74) is 0.145. The number of carbonyl (C=O) groups is 1. The van der Waals surface area contributed by atoms with Crippen molar-refractivity contribution in [3.8, 4) is 5.75 Å². The fourth-order valence-electron chi connectivity index (χ4n) is 4.02. The van der Waals surface area contributed by atoms with Crippen molar-refractivity contribution in [3.05, 3.63) is 52.0 Å². The summed E-state index contributed by atoms with van der Waals surface area (Å²) in [6.07, 6.45) is 4.48. The highest BCUT2D eigenvalue weighted by Crippen LogP contribution is 2.25. The first kappa shape index (κ1) is 18.4. The summed E-state index contributed by atoms with van der Waals surface area (Å²) in [6, 6.07) is 8.71. The molecule has 2 aliphatic heterocycles. The molecular formula is C21H25FN2O2S. The molecule has 0 spiro atoms. The van der Waals surface area contributed by atoms with Crippen LogP contribution in [0.1, 0.15) is 40.9 Å². The van der Waals surface area contributed by atoms with E-state index in [4.69, 9.17) is 4.74 Å². The van der Waals surface area contributed by atoms with E-state index in [2.05, 4.69) is 4.90 Å². The van der Waals surface area contributed by atoms with Crippen LogP contribution in [0.5, 0.6) is 5.75 Å². The monoisotopic (exact) mass is 388 g/mol. The van der Waals surface area contributed by atoms with Gasteiger partial charge in [-0.2, -0.15) is 0 Å². The van der Waals surface area contributed by atoms with E-state index >= 15 is 0 Å². The van der Waals surface area contributed by atoms with E-state index in [0.29, 0.717) is 18.9 Å². The standard InChI is InChI=1S/C21H25FN2O2S/c22-20-13-17(26-15-18-6-4-12-27-18)7-8-19(20)21(25)24-11-3-5-16(24)14-23-9-1-2-10-23/h4,6-8,12-13,16H,1-3,5,9-11,14-15H2/t16-/m0/s1. The lowest BCUT2D eigenvalue weighted by molar-refractivity contribution is 0.0704. The summed E-state index contributed by atoms with van der Waals surface area (Å²) in [5, 5.41) is 1.98. The third-order valence-electron chi connectivity index (χ3n) is 5.44. The van der Waals surface area contributed by atoms with E-state index in [1.54, 1.807) is 23.5 Å². The van der Waals surface area contributed by atoms with Gasteiger partial charge in [0.25, 0.3) is 5.91 Å². The molecule has 2 aromatic rings. The Bertz CT molecular complexity index is 774. The van der Waals surface area contributed by atoms with Gasteiger partial charge < -0.3 is 14.5 Å².